The molecule has 154 valence electrons. The molecule has 0 spiro atoms. The van der Waals surface area contributed by atoms with Gasteiger partial charge in [-0.2, -0.15) is 0 Å². The van der Waals surface area contributed by atoms with Gasteiger partial charge in [0.2, 0.25) is 0 Å². The second-order valence-corrected chi connectivity index (χ2v) is 7.93. The van der Waals surface area contributed by atoms with Gasteiger partial charge in [-0.25, -0.2) is 9.97 Å². The molecule has 0 saturated carbocycles. The number of carbonyl (C=O) groups is 1. The molecule has 7 heteroatoms. The van der Waals surface area contributed by atoms with Crippen LogP contribution in [0.3, 0.4) is 0 Å². The number of ether oxygens (including phenoxy) is 1. The zero-order valence-corrected chi connectivity index (χ0v) is 17.3. The summed E-state index contributed by atoms with van der Waals surface area (Å²) in [6, 6.07) is 8.17. The molecule has 4 rings (SSSR count). The van der Waals surface area contributed by atoms with Crippen LogP contribution in [-0.2, 0) is 0 Å². The topological polar surface area (TPSA) is 61.8 Å². The fraction of sp³-hybridized carbons (Fsp3) is 0.500. The Morgan fingerprint density at radius 3 is 2.34 bits per heavy atom. The molecular formula is C22H29N5O2. The van der Waals surface area contributed by atoms with Gasteiger partial charge < -0.3 is 19.4 Å². The second kappa shape index (κ2) is 8.68. The van der Waals surface area contributed by atoms with Gasteiger partial charge in [0.1, 0.15) is 17.3 Å². The molecule has 2 fully saturated rings. The van der Waals surface area contributed by atoms with Gasteiger partial charge in [-0.15, -0.1) is 0 Å². The third kappa shape index (κ3) is 4.44. The first-order chi connectivity index (χ1) is 14.1. The summed E-state index contributed by atoms with van der Waals surface area (Å²) in [4.78, 5) is 28.1. The lowest BCUT2D eigenvalue weighted by Gasteiger charge is -2.36. The Morgan fingerprint density at radius 1 is 1.00 bits per heavy atom. The Labute approximate surface area is 172 Å². The van der Waals surface area contributed by atoms with E-state index in [4.69, 9.17) is 4.74 Å². The summed E-state index contributed by atoms with van der Waals surface area (Å²) in [6.45, 7) is 7.41. The van der Waals surface area contributed by atoms with Crippen molar-refractivity contribution in [1.82, 2.24) is 14.9 Å². The molecule has 1 aromatic carbocycles. The summed E-state index contributed by atoms with van der Waals surface area (Å²) in [5.74, 6) is 2.26. The van der Waals surface area contributed by atoms with Crippen LogP contribution in [0.15, 0.2) is 36.7 Å². The number of methoxy groups -OCH3 is 1. The highest BCUT2D eigenvalue weighted by Gasteiger charge is 2.24. The molecule has 2 aliphatic heterocycles. The number of benzene rings is 1. The number of rotatable bonds is 4. The fourth-order valence-corrected chi connectivity index (χ4v) is 4.12. The van der Waals surface area contributed by atoms with E-state index in [1.807, 2.05) is 17.0 Å². The van der Waals surface area contributed by atoms with Crippen molar-refractivity contribution in [3.8, 4) is 5.75 Å². The number of nitrogens with zero attached hydrogens (tertiary/aromatic N) is 5. The molecular weight excluding hydrogens is 366 g/mol. The van der Waals surface area contributed by atoms with Crippen LogP contribution in [0.25, 0.3) is 0 Å². The van der Waals surface area contributed by atoms with Crippen molar-refractivity contribution in [3.63, 3.8) is 0 Å². The number of anilines is 2. The second-order valence-electron chi connectivity index (χ2n) is 7.93. The lowest BCUT2D eigenvalue weighted by Crippen LogP contribution is -2.47. The normalized spacial score (nSPS) is 19.9. The van der Waals surface area contributed by atoms with E-state index in [0.717, 1.165) is 57.3 Å². The van der Waals surface area contributed by atoms with Gasteiger partial charge in [-0.3, -0.25) is 4.79 Å². The molecule has 1 aromatic heterocycles. The van der Waals surface area contributed by atoms with Gasteiger partial charge in [0, 0.05) is 45.0 Å². The Morgan fingerprint density at radius 2 is 1.72 bits per heavy atom. The number of piperazine rings is 1. The number of likely N-dealkylation sites (tertiary alicyclic amines) is 1. The van der Waals surface area contributed by atoms with Crippen LogP contribution in [0.1, 0.15) is 30.3 Å². The largest absolute Gasteiger partial charge is 0.497 e. The Bertz CT molecular complexity index is 816. The molecule has 2 saturated heterocycles. The lowest BCUT2D eigenvalue weighted by molar-refractivity contribution is 0.0676. The minimum Gasteiger partial charge on any atom is -0.497 e. The fourth-order valence-electron chi connectivity index (χ4n) is 4.12. The smallest absolute Gasteiger partial charge is 0.274 e. The van der Waals surface area contributed by atoms with Crippen molar-refractivity contribution in [2.75, 3.05) is 56.2 Å². The average Bonchev–Trinajstić information content (AvgIpc) is 2.79. The standard InChI is InChI=1S/C22H29N5O2/c1-17-4-3-9-27(16-17)22(28)20-14-24-21(15-23-20)26-12-10-25(11-13-26)18-5-7-19(29-2)8-6-18/h5-8,14-15,17H,3-4,9-13,16H2,1-2H3. The molecule has 0 radical (unpaired) electrons. The van der Waals surface area contributed by atoms with E-state index < -0.39 is 0 Å². The van der Waals surface area contributed by atoms with Gasteiger partial charge in [0.05, 0.1) is 19.5 Å². The van der Waals surface area contributed by atoms with E-state index in [9.17, 15) is 4.79 Å². The first-order valence-corrected chi connectivity index (χ1v) is 10.4. The highest BCUT2D eigenvalue weighted by Crippen LogP contribution is 2.22. The van der Waals surface area contributed by atoms with E-state index in [-0.39, 0.29) is 5.91 Å². The number of carbonyl (C=O) groups excluding carboxylic acids is 1. The quantitative estimate of drug-likeness (QED) is 0.793. The molecule has 1 unspecified atom stereocenters. The minimum atomic E-state index is -0.0000694. The van der Waals surface area contributed by atoms with Crippen molar-refractivity contribution in [1.29, 1.82) is 0 Å². The first kappa shape index (κ1) is 19.5. The van der Waals surface area contributed by atoms with Crippen LogP contribution in [0, 0.1) is 5.92 Å². The molecule has 0 aliphatic carbocycles. The summed E-state index contributed by atoms with van der Waals surface area (Å²) >= 11 is 0. The molecule has 0 N–H and O–H groups in total. The zero-order valence-electron chi connectivity index (χ0n) is 17.3. The predicted molar refractivity (Wildman–Crippen MR) is 114 cm³/mol. The predicted octanol–water partition coefficient (Wildman–Crippen LogP) is 2.68. The van der Waals surface area contributed by atoms with Crippen LogP contribution in [0.4, 0.5) is 11.5 Å². The zero-order chi connectivity index (χ0) is 20.2. The van der Waals surface area contributed by atoms with Gasteiger partial charge in [-0.05, 0) is 43.0 Å². The first-order valence-electron chi connectivity index (χ1n) is 10.4. The minimum absolute atomic E-state index is 0.0000694. The number of hydrogen-bond acceptors (Lipinski definition) is 6. The van der Waals surface area contributed by atoms with Gasteiger partial charge >= 0.3 is 0 Å². The Balaban J connectivity index is 1.34. The van der Waals surface area contributed by atoms with Gasteiger partial charge in [0.15, 0.2) is 0 Å². The summed E-state index contributed by atoms with van der Waals surface area (Å²) in [5.41, 5.74) is 1.65. The molecule has 2 aromatic rings. The monoisotopic (exact) mass is 395 g/mol. The third-order valence-corrected chi connectivity index (χ3v) is 5.84. The maximum absolute atomic E-state index is 12.7. The van der Waals surface area contributed by atoms with Crippen molar-refractivity contribution in [2.45, 2.75) is 19.8 Å². The van der Waals surface area contributed by atoms with Gasteiger partial charge in [-0.1, -0.05) is 6.92 Å². The SMILES string of the molecule is COc1ccc(N2CCN(c3cnc(C(=O)N4CCCC(C)C4)cn3)CC2)cc1. The molecule has 29 heavy (non-hydrogen) atoms. The average molecular weight is 396 g/mol. The van der Waals surface area contributed by atoms with E-state index >= 15 is 0 Å². The summed E-state index contributed by atoms with van der Waals surface area (Å²) in [6.07, 6.45) is 5.63. The molecule has 1 atom stereocenters. The number of amides is 1. The molecule has 2 aliphatic rings. The van der Waals surface area contributed by atoms with Crippen molar-refractivity contribution < 1.29 is 9.53 Å². The highest BCUT2D eigenvalue weighted by molar-refractivity contribution is 5.92. The number of piperidine rings is 1. The highest BCUT2D eigenvalue weighted by atomic mass is 16.5. The van der Waals surface area contributed by atoms with Crippen molar-refractivity contribution in [3.05, 3.63) is 42.4 Å². The van der Waals surface area contributed by atoms with E-state index in [0.29, 0.717) is 11.6 Å². The molecule has 7 nitrogen and oxygen atoms in total. The third-order valence-electron chi connectivity index (χ3n) is 5.84. The van der Waals surface area contributed by atoms with E-state index in [1.165, 1.54) is 12.1 Å². The van der Waals surface area contributed by atoms with E-state index in [2.05, 4.69) is 38.8 Å². The Kier molecular flexibility index (Phi) is 5.83. The maximum Gasteiger partial charge on any atom is 0.274 e. The van der Waals surface area contributed by atoms with Crippen LogP contribution in [-0.4, -0.2) is 67.2 Å². The summed E-state index contributed by atoms with van der Waals surface area (Å²) in [5, 5.41) is 0. The van der Waals surface area contributed by atoms with Crippen LogP contribution < -0.4 is 14.5 Å². The van der Waals surface area contributed by atoms with Crippen LogP contribution in [0.2, 0.25) is 0 Å². The van der Waals surface area contributed by atoms with E-state index in [1.54, 1.807) is 19.5 Å². The van der Waals surface area contributed by atoms with Crippen molar-refractivity contribution >= 4 is 17.4 Å². The number of aromatic nitrogens is 2. The summed E-state index contributed by atoms with van der Waals surface area (Å²) < 4.78 is 5.23. The van der Waals surface area contributed by atoms with Crippen molar-refractivity contribution in [2.24, 2.45) is 5.92 Å². The number of hydrogen-bond donors (Lipinski definition) is 0. The van der Waals surface area contributed by atoms with Crippen LogP contribution >= 0.6 is 0 Å². The van der Waals surface area contributed by atoms with Crippen LogP contribution in [0.5, 0.6) is 5.75 Å². The lowest BCUT2D eigenvalue weighted by atomic mass is 10.0. The molecule has 1 amide bonds. The Hall–Kier alpha value is -2.83. The molecule has 3 heterocycles. The molecule has 0 bridgehead atoms. The van der Waals surface area contributed by atoms with Gasteiger partial charge in [0.25, 0.3) is 5.91 Å². The summed E-state index contributed by atoms with van der Waals surface area (Å²) in [7, 11) is 1.68. The maximum atomic E-state index is 12.7.